The molecule has 0 saturated heterocycles. The summed E-state index contributed by atoms with van der Waals surface area (Å²) < 4.78 is 10.9. The fraction of sp³-hybridized carbons (Fsp3) is 0.167. The average molecular weight is 338 g/mol. The number of anilines is 2. The normalized spacial score (nSPS) is 10.3. The number of amides is 2. The molecule has 2 amide bonds. The van der Waals surface area contributed by atoms with E-state index >= 15 is 0 Å². The fourth-order valence-electron chi connectivity index (χ4n) is 2.25. The van der Waals surface area contributed by atoms with Crippen molar-refractivity contribution in [2.75, 3.05) is 17.2 Å². The molecule has 0 saturated carbocycles. The maximum atomic E-state index is 12.1. The third-order valence-corrected chi connectivity index (χ3v) is 3.32. The lowest BCUT2D eigenvalue weighted by molar-refractivity contribution is 0.261. The summed E-state index contributed by atoms with van der Waals surface area (Å²) >= 11 is 0. The minimum atomic E-state index is -0.484. The number of nitrogens with one attached hydrogen (secondary N) is 2. The van der Waals surface area contributed by atoms with Crippen LogP contribution in [0, 0.1) is 0 Å². The quantitative estimate of drug-likeness (QED) is 0.715. The highest BCUT2D eigenvalue weighted by Gasteiger charge is 2.12. The van der Waals surface area contributed by atoms with E-state index in [1.54, 1.807) is 12.1 Å². The van der Waals surface area contributed by atoms with E-state index in [0.29, 0.717) is 30.4 Å². The van der Waals surface area contributed by atoms with Crippen LogP contribution in [0.1, 0.15) is 18.4 Å². The summed E-state index contributed by atoms with van der Waals surface area (Å²) in [5.41, 5.74) is 1.61. The monoisotopic (exact) mass is 338 g/mol. The fourth-order valence-corrected chi connectivity index (χ4v) is 2.25. The first kappa shape index (κ1) is 16.5. The minimum absolute atomic E-state index is 0.0392. The zero-order valence-electron chi connectivity index (χ0n) is 13.7. The molecule has 7 nitrogen and oxygen atoms in total. The van der Waals surface area contributed by atoms with Crippen molar-refractivity contribution in [1.82, 2.24) is 10.2 Å². The lowest BCUT2D eigenvalue weighted by Gasteiger charge is -2.10. The van der Waals surface area contributed by atoms with Gasteiger partial charge in [-0.2, -0.15) is 0 Å². The highest BCUT2D eigenvalue weighted by molar-refractivity contribution is 5.99. The van der Waals surface area contributed by atoms with Crippen molar-refractivity contribution < 1.29 is 13.9 Å². The third kappa shape index (κ3) is 4.57. The number of nitrogens with zero attached hydrogens (tertiary/aromatic N) is 2. The number of rotatable bonds is 6. The van der Waals surface area contributed by atoms with Gasteiger partial charge in [0.05, 0.1) is 18.7 Å². The summed E-state index contributed by atoms with van der Waals surface area (Å²) in [6.07, 6.45) is 0.504. The second kappa shape index (κ2) is 7.96. The maximum absolute atomic E-state index is 12.1. The lowest BCUT2D eigenvalue weighted by atomic mass is 10.2. The Morgan fingerprint density at radius 3 is 2.60 bits per heavy atom. The number of urea groups is 1. The molecule has 1 heterocycles. The largest absolute Gasteiger partial charge is 0.492 e. The molecule has 0 aliphatic rings. The van der Waals surface area contributed by atoms with Gasteiger partial charge in [0.2, 0.25) is 5.89 Å². The Kier molecular flexibility index (Phi) is 5.26. The van der Waals surface area contributed by atoms with Crippen LogP contribution in [0.25, 0.3) is 0 Å². The van der Waals surface area contributed by atoms with Crippen molar-refractivity contribution in [3.05, 3.63) is 66.1 Å². The molecule has 0 atom stereocenters. The number of para-hydroxylation sites is 2. The molecular formula is C18H18N4O3. The molecule has 2 N–H and O–H groups in total. The van der Waals surface area contributed by atoms with Crippen molar-refractivity contribution in [2.45, 2.75) is 13.3 Å². The topological polar surface area (TPSA) is 89.3 Å². The van der Waals surface area contributed by atoms with Crippen LogP contribution >= 0.6 is 0 Å². The van der Waals surface area contributed by atoms with E-state index in [-0.39, 0.29) is 6.01 Å². The van der Waals surface area contributed by atoms with Gasteiger partial charge in [-0.3, -0.25) is 5.32 Å². The van der Waals surface area contributed by atoms with E-state index < -0.39 is 6.03 Å². The molecule has 128 valence electrons. The number of carbonyl (C=O) groups excluding carboxylic acids is 1. The molecule has 3 rings (SSSR count). The first-order valence-corrected chi connectivity index (χ1v) is 7.90. The van der Waals surface area contributed by atoms with E-state index in [1.165, 1.54) is 0 Å². The molecule has 0 aliphatic heterocycles. The van der Waals surface area contributed by atoms with E-state index in [2.05, 4.69) is 20.8 Å². The highest BCUT2D eigenvalue weighted by Crippen LogP contribution is 2.23. The predicted molar refractivity (Wildman–Crippen MR) is 93.8 cm³/mol. The summed E-state index contributed by atoms with van der Waals surface area (Å²) in [6.45, 7) is 2.39. The first-order chi connectivity index (χ1) is 12.2. The molecule has 1 aromatic heterocycles. The zero-order chi connectivity index (χ0) is 17.5. The van der Waals surface area contributed by atoms with Crippen molar-refractivity contribution in [3.63, 3.8) is 0 Å². The van der Waals surface area contributed by atoms with Gasteiger partial charge in [-0.15, -0.1) is 5.10 Å². The SMILES string of the molecule is CCOc1ccccc1NC(=O)Nc1nnc(Cc2ccccc2)o1. The molecule has 25 heavy (non-hydrogen) atoms. The molecule has 0 bridgehead atoms. The molecule has 0 radical (unpaired) electrons. The number of hydrogen-bond acceptors (Lipinski definition) is 5. The molecule has 0 spiro atoms. The van der Waals surface area contributed by atoms with Gasteiger partial charge in [-0.25, -0.2) is 4.79 Å². The Labute approximate surface area is 145 Å². The third-order valence-electron chi connectivity index (χ3n) is 3.32. The Hall–Kier alpha value is -3.35. The van der Waals surface area contributed by atoms with Gasteiger partial charge < -0.3 is 14.5 Å². The maximum Gasteiger partial charge on any atom is 0.327 e. The Bertz CT molecular complexity index is 833. The molecule has 7 heteroatoms. The van der Waals surface area contributed by atoms with E-state index in [4.69, 9.17) is 9.15 Å². The van der Waals surface area contributed by atoms with Crippen LogP contribution in [-0.2, 0) is 6.42 Å². The number of ether oxygens (including phenoxy) is 1. The van der Waals surface area contributed by atoms with Gasteiger partial charge in [-0.05, 0) is 24.6 Å². The van der Waals surface area contributed by atoms with E-state index in [1.807, 2.05) is 49.4 Å². The van der Waals surface area contributed by atoms with E-state index in [9.17, 15) is 4.79 Å². The summed E-state index contributed by atoms with van der Waals surface area (Å²) in [6, 6.07) is 16.5. The van der Waals surface area contributed by atoms with Crippen LogP contribution < -0.4 is 15.4 Å². The molecule has 0 fully saturated rings. The average Bonchev–Trinajstić information content (AvgIpc) is 3.04. The van der Waals surface area contributed by atoms with Gasteiger partial charge >= 0.3 is 12.0 Å². The van der Waals surface area contributed by atoms with Crippen LogP contribution in [0.15, 0.2) is 59.0 Å². The Balaban J connectivity index is 1.60. The number of carbonyl (C=O) groups is 1. The smallest absolute Gasteiger partial charge is 0.327 e. The summed E-state index contributed by atoms with van der Waals surface area (Å²) in [5.74, 6) is 1.02. The van der Waals surface area contributed by atoms with E-state index in [0.717, 1.165) is 5.56 Å². The van der Waals surface area contributed by atoms with Crippen LogP contribution in [-0.4, -0.2) is 22.8 Å². The molecule has 3 aromatic rings. The summed E-state index contributed by atoms with van der Waals surface area (Å²) in [7, 11) is 0. The van der Waals surface area contributed by atoms with Crippen LogP contribution in [0.2, 0.25) is 0 Å². The van der Waals surface area contributed by atoms with Crippen LogP contribution in [0.4, 0.5) is 16.5 Å². The highest BCUT2D eigenvalue weighted by atomic mass is 16.5. The number of aromatic nitrogens is 2. The first-order valence-electron chi connectivity index (χ1n) is 7.90. The Morgan fingerprint density at radius 2 is 1.80 bits per heavy atom. The van der Waals surface area contributed by atoms with Gasteiger partial charge in [0, 0.05) is 0 Å². The van der Waals surface area contributed by atoms with Crippen molar-refractivity contribution >= 4 is 17.7 Å². The Morgan fingerprint density at radius 1 is 1.04 bits per heavy atom. The second-order valence-corrected chi connectivity index (χ2v) is 5.17. The molecular weight excluding hydrogens is 320 g/mol. The van der Waals surface area contributed by atoms with Crippen LogP contribution in [0.3, 0.4) is 0 Å². The van der Waals surface area contributed by atoms with Crippen LogP contribution in [0.5, 0.6) is 5.75 Å². The molecule has 0 aliphatic carbocycles. The standard InChI is InChI=1S/C18H18N4O3/c1-2-24-15-11-7-6-10-14(15)19-17(23)20-18-22-21-16(25-18)12-13-8-4-3-5-9-13/h3-11H,2,12H2,1H3,(H2,19,20,22,23). The van der Waals surface area contributed by atoms with Gasteiger partial charge in [0.25, 0.3) is 0 Å². The lowest BCUT2D eigenvalue weighted by Crippen LogP contribution is -2.20. The number of benzene rings is 2. The number of hydrogen-bond donors (Lipinski definition) is 2. The van der Waals surface area contributed by atoms with Crippen molar-refractivity contribution in [2.24, 2.45) is 0 Å². The van der Waals surface area contributed by atoms with Crippen molar-refractivity contribution in [1.29, 1.82) is 0 Å². The van der Waals surface area contributed by atoms with Gasteiger partial charge in [0.1, 0.15) is 5.75 Å². The van der Waals surface area contributed by atoms with Gasteiger partial charge in [-0.1, -0.05) is 47.6 Å². The van der Waals surface area contributed by atoms with Crippen molar-refractivity contribution in [3.8, 4) is 5.75 Å². The van der Waals surface area contributed by atoms with Gasteiger partial charge in [0.15, 0.2) is 0 Å². The molecule has 2 aromatic carbocycles. The zero-order valence-corrected chi connectivity index (χ0v) is 13.7. The predicted octanol–water partition coefficient (Wildman–Crippen LogP) is 3.70. The summed E-state index contributed by atoms with van der Waals surface area (Å²) in [4.78, 5) is 12.1. The summed E-state index contributed by atoms with van der Waals surface area (Å²) in [5, 5.41) is 13.0. The minimum Gasteiger partial charge on any atom is -0.492 e. The molecule has 0 unspecified atom stereocenters. The second-order valence-electron chi connectivity index (χ2n) is 5.17.